The number of alkyl halides is 1. The van der Waals surface area contributed by atoms with Crippen LogP contribution in [0.4, 0.5) is 10.1 Å². The highest BCUT2D eigenvalue weighted by molar-refractivity contribution is 7.89. The number of thiazole rings is 1. The van der Waals surface area contributed by atoms with Gasteiger partial charge in [-0.2, -0.15) is 9.98 Å². The summed E-state index contributed by atoms with van der Waals surface area (Å²) < 4.78 is 45.3. The highest BCUT2D eigenvalue weighted by Gasteiger charge is 2.35. The summed E-state index contributed by atoms with van der Waals surface area (Å²) in [5, 5.41) is 13.0. The molecule has 3 aromatic rings. The number of piperidine rings is 1. The number of carbonyl (C=O) groups excluding carboxylic acids is 1. The molecule has 1 aromatic heterocycles. The Morgan fingerprint density at radius 2 is 2.02 bits per heavy atom. The molecular weight excluding hydrogens is 598 g/mol. The van der Waals surface area contributed by atoms with Crippen LogP contribution >= 0.6 is 11.3 Å². The molecule has 1 amide bonds. The molecule has 0 spiro atoms. The van der Waals surface area contributed by atoms with Gasteiger partial charge in [-0.25, -0.2) is 13.4 Å². The molecule has 8 nitrogen and oxygen atoms in total. The van der Waals surface area contributed by atoms with Crippen LogP contribution in [0.5, 0.6) is 0 Å². The number of sulfonamides is 1. The normalized spacial score (nSPS) is 17.5. The van der Waals surface area contributed by atoms with Gasteiger partial charge in [0.2, 0.25) is 15.9 Å². The van der Waals surface area contributed by atoms with E-state index >= 15 is 0 Å². The van der Waals surface area contributed by atoms with Crippen LogP contribution in [0.25, 0.3) is 10.2 Å². The second-order valence-corrected chi connectivity index (χ2v) is 15.7. The minimum atomic E-state index is -4.13. The molecule has 1 saturated heterocycles. The lowest BCUT2D eigenvalue weighted by Crippen LogP contribution is -2.51. The fourth-order valence-electron chi connectivity index (χ4n) is 6.30. The van der Waals surface area contributed by atoms with Gasteiger partial charge in [0.05, 0.1) is 33.7 Å². The van der Waals surface area contributed by atoms with E-state index in [1.165, 1.54) is 11.3 Å². The van der Waals surface area contributed by atoms with Crippen molar-refractivity contribution in [1.82, 2.24) is 14.6 Å². The van der Waals surface area contributed by atoms with Crippen molar-refractivity contribution in [2.45, 2.75) is 82.6 Å². The predicted molar refractivity (Wildman–Crippen MR) is 173 cm³/mol. The molecule has 0 unspecified atom stereocenters. The Bertz CT molecular complexity index is 1590. The van der Waals surface area contributed by atoms with Crippen molar-refractivity contribution in [3.05, 3.63) is 52.5 Å². The Morgan fingerprint density at radius 3 is 2.75 bits per heavy atom. The van der Waals surface area contributed by atoms with Crippen LogP contribution in [-0.2, 0) is 34.1 Å². The van der Waals surface area contributed by atoms with Crippen molar-refractivity contribution in [1.29, 1.82) is 5.26 Å². The van der Waals surface area contributed by atoms with Gasteiger partial charge in [0, 0.05) is 32.5 Å². The summed E-state index contributed by atoms with van der Waals surface area (Å²) in [7, 11) is -4.13. The maximum absolute atomic E-state index is 14.3. The Morgan fingerprint density at radius 1 is 1.25 bits per heavy atom. The molecule has 2 aromatic carbocycles. The maximum Gasteiger partial charge on any atom is 0.243 e. The van der Waals surface area contributed by atoms with Crippen LogP contribution in [0.2, 0.25) is 0 Å². The first-order valence-corrected chi connectivity index (χ1v) is 17.9. The summed E-state index contributed by atoms with van der Waals surface area (Å²) in [5.41, 5.74) is 3.23. The number of aromatic nitrogens is 1. The quantitative estimate of drug-likeness (QED) is 0.235. The average molecular weight is 640 g/mol. The summed E-state index contributed by atoms with van der Waals surface area (Å²) in [5.74, 6) is -0.0386. The molecule has 2 aliphatic heterocycles. The van der Waals surface area contributed by atoms with E-state index in [2.05, 4.69) is 36.0 Å². The number of amides is 1. The van der Waals surface area contributed by atoms with Gasteiger partial charge in [0.25, 0.3) is 0 Å². The summed E-state index contributed by atoms with van der Waals surface area (Å²) in [6.45, 7) is 5.52. The number of nitrogens with one attached hydrogen (secondary N) is 2. The van der Waals surface area contributed by atoms with Crippen molar-refractivity contribution in [2.24, 2.45) is 11.3 Å². The number of aryl methyl sites for hydroxylation is 1. The molecule has 0 bridgehead atoms. The number of para-hydroxylation sites is 1. The number of nitrogens with zero attached hydrogens (tertiary/aromatic N) is 3. The second kappa shape index (κ2) is 13.9. The van der Waals surface area contributed by atoms with E-state index in [0.717, 1.165) is 40.6 Å². The van der Waals surface area contributed by atoms with Crippen LogP contribution < -0.4 is 10.0 Å². The number of fused-ring (bicyclic) bond motifs is 2. The van der Waals surface area contributed by atoms with E-state index in [1.807, 2.05) is 24.3 Å². The molecule has 1 atom stereocenters. The average Bonchev–Trinajstić information content (AvgIpc) is 3.40. The van der Waals surface area contributed by atoms with Crippen LogP contribution in [0.3, 0.4) is 0 Å². The van der Waals surface area contributed by atoms with Gasteiger partial charge < -0.3 is 10.2 Å². The predicted octanol–water partition coefficient (Wildman–Crippen LogP) is 6.01. The first kappa shape index (κ1) is 32.3. The van der Waals surface area contributed by atoms with E-state index in [9.17, 15) is 17.6 Å². The van der Waals surface area contributed by atoms with Crippen molar-refractivity contribution in [2.75, 3.05) is 31.6 Å². The van der Waals surface area contributed by atoms with Crippen LogP contribution in [-0.4, -0.2) is 56.6 Å². The molecule has 236 valence electrons. The van der Waals surface area contributed by atoms with Gasteiger partial charge >= 0.3 is 0 Å². The molecule has 0 radical (unpaired) electrons. The molecule has 1 fully saturated rings. The number of likely N-dealkylation sites (tertiary alicyclic amines) is 1. The molecule has 5 rings (SSSR count). The van der Waals surface area contributed by atoms with Gasteiger partial charge in [0.1, 0.15) is 10.9 Å². The second-order valence-electron chi connectivity index (χ2n) is 12.9. The van der Waals surface area contributed by atoms with Crippen LogP contribution in [0.15, 0.2) is 41.3 Å². The maximum atomic E-state index is 14.3. The lowest BCUT2D eigenvalue weighted by Gasteiger charge is -2.35. The number of nitriles is 1. The molecule has 11 heteroatoms. The highest BCUT2D eigenvalue weighted by Crippen LogP contribution is 2.38. The van der Waals surface area contributed by atoms with E-state index in [4.69, 9.17) is 10.2 Å². The van der Waals surface area contributed by atoms with Crippen LogP contribution in [0, 0.1) is 22.7 Å². The molecule has 44 heavy (non-hydrogen) atoms. The summed E-state index contributed by atoms with van der Waals surface area (Å²) >= 11 is 1.46. The Hall–Kier alpha value is -3.07. The molecule has 3 heterocycles. The van der Waals surface area contributed by atoms with Crippen molar-refractivity contribution >= 4 is 43.2 Å². The first-order valence-electron chi connectivity index (χ1n) is 15.6. The smallest absolute Gasteiger partial charge is 0.243 e. The Labute approximate surface area is 264 Å². The van der Waals surface area contributed by atoms with E-state index in [1.54, 1.807) is 11.0 Å². The highest BCUT2D eigenvalue weighted by atomic mass is 32.2. The summed E-state index contributed by atoms with van der Waals surface area (Å²) in [4.78, 5) is 20.6. The molecule has 0 saturated carbocycles. The third-order valence-corrected chi connectivity index (χ3v) is 11.3. The van der Waals surface area contributed by atoms with Crippen molar-refractivity contribution < 1.29 is 17.6 Å². The number of benzene rings is 2. The SMILES string of the molecule is CC1(C)CNc2c(cc(CCCCC#N)cc2S(=O)(=O)N[C@@H](Cc2nc3ccccc3s2)C(=O)N2CCC(CCF)CC2)C1. The fourth-order valence-corrected chi connectivity index (χ4v) is 8.78. The zero-order valence-electron chi connectivity index (χ0n) is 25.6. The van der Waals surface area contributed by atoms with Crippen LogP contribution in [0.1, 0.15) is 68.5 Å². The topological polar surface area (TPSA) is 115 Å². The van der Waals surface area contributed by atoms with Gasteiger partial charge in [-0.3, -0.25) is 9.18 Å². The van der Waals surface area contributed by atoms with Gasteiger partial charge in [-0.15, -0.1) is 11.3 Å². The van der Waals surface area contributed by atoms with E-state index in [-0.39, 0.29) is 35.2 Å². The van der Waals surface area contributed by atoms with E-state index in [0.29, 0.717) is 62.4 Å². The van der Waals surface area contributed by atoms with Crippen molar-refractivity contribution in [3.8, 4) is 6.07 Å². The first-order chi connectivity index (χ1) is 21.1. The number of unbranched alkanes of at least 4 members (excludes halogenated alkanes) is 2. The summed E-state index contributed by atoms with van der Waals surface area (Å²) in [6, 6.07) is 12.7. The molecule has 2 N–H and O–H groups in total. The monoisotopic (exact) mass is 639 g/mol. The third kappa shape index (κ3) is 7.76. The minimum absolute atomic E-state index is 0.0412. The number of rotatable bonds is 12. The lowest BCUT2D eigenvalue weighted by molar-refractivity contribution is -0.134. The third-order valence-electron chi connectivity index (χ3n) is 8.71. The minimum Gasteiger partial charge on any atom is -0.383 e. The summed E-state index contributed by atoms with van der Waals surface area (Å²) in [6.07, 6.45) is 5.43. The molecular formula is C33H42FN5O3S2. The molecule has 0 aliphatic carbocycles. The van der Waals surface area contributed by atoms with Gasteiger partial charge in [0.15, 0.2) is 0 Å². The Kier molecular flexibility index (Phi) is 10.2. The number of carbonyl (C=O) groups is 1. The standard InChI is InChI=1S/C33H42FN5O3S2/c1-33(2)21-25-18-24(8-4-3-7-15-35)19-29(31(25)36-22-33)44(41,42)38-27(20-30-37-26-9-5-6-10-28(26)43-30)32(40)39-16-12-23(11-14-34)13-17-39/h5-6,9-10,18-19,23,27,36,38H,3-4,7-8,11-14,16-17,20-22H2,1-2H3/t27-/m0/s1. The van der Waals surface area contributed by atoms with Gasteiger partial charge in [-0.1, -0.05) is 32.0 Å². The zero-order chi connectivity index (χ0) is 31.3. The fraction of sp³-hybridized carbons (Fsp3) is 0.545. The number of hydrogen-bond donors (Lipinski definition) is 2. The number of halogens is 1. The lowest BCUT2D eigenvalue weighted by atomic mass is 9.81. The largest absolute Gasteiger partial charge is 0.383 e. The van der Waals surface area contributed by atoms with Gasteiger partial charge in [-0.05, 0) is 85.6 Å². The Balaban J connectivity index is 1.46. The number of hydrogen-bond acceptors (Lipinski definition) is 7. The molecule has 2 aliphatic rings. The van der Waals surface area contributed by atoms with Crippen molar-refractivity contribution in [3.63, 3.8) is 0 Å². The zero-order valence-corrected chi connectivity index (χ0v) is 27.2. The number of anilines is 1. The van der Waals surface area contributed by atoms with E-state index < -0.39 is 16.1 Å².